The number of hydrogen-bond acceptors (Lipinski definition) is 1. The standard InChI is InChI=1S/C15H19BrClN/c16-12-8-9-14(17)13(10-12)15(18)11-6-4-2-1-3-5-7-11/h6,8-10,15H,1-5,7,18H2/b11-6+. The summed E-state index contributed by atoms with van der Waals surface area (Å²) in [4.78, 5) is 0. The molecule has 0 bridgehead atoms. The lowest BCUT2D eigenvalue weighted by molar-refractivity contribution is 0.602. The molecule has 2 N–H and O–H groups in total. The second-order valence-corrected chi connectivity index (χ2v) is 6.20. The van der Waals surface area contributed by atoms with E-state index in [2.05, 4.69) is 22.0 Å². The minimum atomic E-state index is -0.0619. The smallest absolute Gasteiger partial charge is 0.0526 e. The van der Waals surface area contributed by atoms with Gasteiger partial charge in [0.1, 0.15) is 0 Å². The van der Waals surface area contributed by atoms with Crippen molar-refractivity contribution in [3.8, 4) is 0 Å². The van der Waals surface area contributed by atoms with Crippen LogP contribution in [0.2, 0.25) is 5.02 Å². The highest BCUT2D eigenvalue weighted by atomic mass is 79.9. The maximum absolute atomic E-state index is 6.39. The van der Waals surface area contributed by atoms with E-state index >= 15 is 0 Å². The molecule has 1 nitrogen and oxygen atoms in total. The van der Waals surface area contributed by atoms with Gasteiger partial charge in [-0.3, -0.25) is 0 Å². The van der Waals surface area contributed by atoms with Crippen LogP contribution >= 0.6 is 27.5 Å². The lowest BCUT2D eigenvalue weighted by Gasteiger charge is -2.20. The zero-order valence-corrected chi connectivity index (χ0v) is 12.8. The number of benzene rings is 1. The Morgan fingerprint density at radius 3 is 2.78 bits per heavy atom. The molecule has 0 heterocycles. The molecule has 0 fully saturated rings. The van der Waals surface area contributed by atoms with Gasteiger partial charge in [-0.05, 0) is 49.4 Å². The quantitative estimate of drug-likeness (QED) is 0.724. The molecule has 0 saturated heterocycles. The normalized spacial score (nSPS) is 21.6. The van der Waals surface area contributed by atoms with Gasteiger partial charge >= 0.3 is 0 Å². The van der Waals surface area contributed by atoms with E-state index in [4.69, 9.17) is 17.3 Å². The van der Waals surface area contributed by atoms with Crippen molar-refractivity contribution < 1.29 is 0 Å². The van der Waals surface area contributed by atoms with Crippen molar-refractivity contribution in [1.29, 1.82) is 0 Å². The third kappa shape index (κ3) is 3.59. The maximum atomic E-state index is 6.39. The minimum Gasteiger partial charge on any atom is -0.320 e. The molecule has 0 radical (unpaired) electrons. The first-order valence-corrected chi connectivity index (χ1v) is 7.75. The Bertz CT molecular complexity index is 442. The average Bonchev–Trinajstić information content (AvgIpc) is 2.31. The van der Waals surface area contributed by atoms with Crippen LogP contribution in [0.1, 0.15) is 50.1 Å². The molecule has 0 aliphatic heterocycles. The second kappa shape index (κ2) is 6.74. The van der Waals surface area contributed by atoms with E-state index in [1.165, 1.54) is 31.3 Å². The molecule has 1 aromatic rings. The predicted molar refractivity (Wildman–Crippen MR) is 81.9 cm³/mol. The molecule has 0 spiro atoms. The largest absolute Gasteiger partial charge is 0.320 e. The van der Waals surface area contributed by atoms with Gasteiger partial charge in [-0.2, -0.15) is 0 Å². The van der Waals surface area contributed by atoms with Crippen LogP contribution in [0.4, 0.5) is 0 Å². The average molecular weight is 329 g/mol. The first-order valence-electron chi connectivity index (χ1n) is 6.58. The van der Waals surface area contributed by atoms with E-state index in [9.17, 15) is 0 Å². The lowest BCUT2D eigenvalue weighted by atomic mass is 9.91. The predicted octanol–water partition coefficient (Wildman–Crippen LogP) is 5.38. The molecular formula is C15H19BrClN. The summed E-state index contributed by atoms with van der Waals surface area (Å²) in [5, 5.41) is 0.758. The topological polar surface area (TPSA) is 26.0 Å². The Hall–Kier alpha value is -0.310. The monoisotopic (exact) mass is 327 g/mol. The molecule has 98 valence electrons. The number of allylic oxidation sites excluding steroid dienone is 1. The molecule has 1 aliphatic carbocycles. The van der Waals surface area contributed by atoms with E-state index in [0.717, 1.165) is 27.9 Å². The first-order chi connectivity index (χ1) is 8.68. The van der Waals surface area contributed by atoms with Gasteiger partial charge in [-0.1, -0.05) is 52.0 Å². The summed E-state index contributed by atoms with van der Waals surface area (Å²) >= 11 is 9.74. The van der Waals surface area contributed by atoms with Gasteiger partial charge in [0.05, 0.1) is 6.04 Å². The van der Waals surface area contributed by atoms with Crippen molar-refractivity contribution in [1.82, 2.24) is 0 Å². The van der Waals surface area contributed by atoms with Crippen LogP contribution in [0.15, 0.2) is 34.3 Å². The van der Waals surface area contributed by atoms with Crippen LogP contribution in [0, 0.1) is 0 Å². The Labute approximate surface area is 123 Å². The fourth-order valence-electron chi connectivity index (χ4n) is 2.45. The third-order valence-corrected chi connectivity index (χ3v) is 4.36. The van der Waals surface area contributed by atoms with Gasteiger partial charge in [0.15, 0.2) is 0 Å². The van der Waals surface area contributed by atoms with Crippen LogP contribution in [0.25, 0.3) is 0 Å². The molecule has 0 saturated carbocycles. The Morgan fingerprint density at radius 1 is 1.17 bits per heavy atom. The molecule has 0 aromatic heterocycles. The van der Waals surface area contributed by atoms with E-state index < -0.39 is 0 Å². The highest BCUT2D eigenvalue weighted by Gasteiger charge is 2.16. The molecular weight excluding hydrogens is 310 g/mol. The summed E-state index contributed by atoms with van der Waals surface area (Å²) in [5.41, 5.74) is 8.75. The molecule has 1 atom stereocenters. The van der Waals surface area contributed by atoms with Gasteiger partial charge < -0.3 is 5.73 Å². The SMILES string of the molecule is NC(/C1=C/CCCCCC1)c1cc(Br)ccc1Cl. The van der Waals surface area contributed by atoms with Gasteiger partial charge in [0.2, 0.25) is 0 Å². The molecule has 1 unspecified atom stereocenters. The fourth-order valence-corrected chi connectivity index (χ4v) is 3.07. The van der Waals surface area contributed by atoms with Crippen molar-refractivity contribution in [2.75, 3.05) is 0 Å². The zero-order chi connectivity index (χ0) is 13.0. The first kappa shape index (κ1) is 14.1. The van der Waals surface area contributed by atoms with Gasteiger partial charge in [-0.15, -0.1) is 0 Å². The zero-order valence-electron chi connectivity index (χ0n) is 10.5. The Balaban J connectivity index is 2.23. The minimum absolute atomic E-state index is 0.0619. The van der Waals surface area contributed by atoms with Crippen molar-refractivity contribution in [2.45, 2.75) is 44.6 Å². The summed E-state index contributed by atoms with van der Waals surface area (Å²) in [5.74, 6) is 0. The summed E-state index contributed by atoms with van der Waals surface area (Å²) in [6, 6.07) is 5.83. The molecule has 3 heteroatoms. The van der Waals surface area contributed by atoms with Crippen LogP contribution in [0.5, 0.6) is 0 Å². The molecule has 1 aromatic carbocycles. The summed E-state index contributed by atoms with van der Waals surface area (Å²) in [6.07, 6.45) is 9.75. The molecule has 18 heavy (non-hydrogen) atoms. The number of hydrogen-bond donors (Lipinski definition) is 1. The van der Waals surface area contributed by atoms with Crippen LogP contribution in [0.3, 0.4) is 0 Å². The van der Waals surface area contributed by atoms with E-state index in [-0.39, 0.29) is 6.04 Å². The maximum Gasteiger partial charge on any atom is 0.0526 e. The molecule has 0 amide bonds. The molecule has 1 aliphatic rings. The molecule has 2 rings (SSSR count). The van der Waals surface area contributed by atoms with Gasteiger partial charge in [0, 0.05) is 9.50 Å². The fraction of sp³-hybridized carbons (Fsp3) is 0.467. The van der Waals surface area contributed by atoms with Crippen molar-refractivity contribution >= 4 is 27.5 Å². The lowest BCUT2D eigenvalue weighted by Crippen LogP contribution is -2.14. The summed E-state index contributed by atoms with van der Waals surface area (Å²) in [6.45, 7) is 0. The van der Waals surface area contributed by atoms with Crippen molar-refractivity contribution in [3.63, 3.8) is 0 Å². The Morgan fingerprint density at radius 2 is 1.94 bits per heavy atom. The van der Waals surface area contributed by atoms with Crippen LogP contribution in [-0.2, 0) is 0 Å². The summed E-state index contributed by atoms with van der Waals surface area (Å²) in [7, 11) is 0. The van der Waals surface area contributed by atoms with Crippen molar-refractivity contribution in [3.05, 3.63) is 44.9 Å². The van der Waals surface area contributed by atoms with Crippen LogP contribution < -0.4 is 5.73 Å². The van der Waals surface area contributed by atoms with Gasteiger partial charge in [0.25, 0.3) is 0 Å². The Kier molecular flexibility index (Phi) is 5.28. The van der Waals surface area contributed by atoms with Gasteiger partial charge in [-0.25, -0.2) is 0 Å². The third-order valence-electron chi connectivity index (χ3n) is 3.52. The van der Waals surface area contributed by atoms with Crippen molar-refractivity contribution in [2.24, 2.45) is 5.73 Å². The number of nitrogens with two attached hydrogens (primary N) is 1. The highest BCUT2D eigenvalue weighted by molar-refractivity contribution is 9.10. The van der Waals surface area contributed by atoms with E-state index in [1.54, 1.807) is 0 Å². The second-order valence-electron chi connectivity index (χ2n) is 4.88. The number of halogens is 2. The van der Waals surface area contributed by atoms with Crippen LogP contribution in [-0.4, -0.2) is 0 Å². The van der Waals surface area contributed by atoms with E-state index in [0.29, 0.717) is 0 Å². The highest BCUT2D eigenvalue weighted by Crippen LogP contribution is 2.32. The number of rotatable bonds is 2. The summed E-state index contributed by atoms with van der Waals surface area (Å²) < 4.78 is 1.03. The van der Waals surface area contributed by atoms with E-state index in [1.807, 2.05) is 18.2 Å².